The topological polar surface area (TPSA) is 69.0 Å². The lowest BCUT2D eigenvalue weighted by molar-refractivity contribution is -0.123. The minimum Gasteiger partial charge on any atom is -0.467 e. The molecule has 0 aliphatic rings. The van der Waals surface area contributed by atoms with Gasteiger partial charge in [0.25, 0.3) is 5.91 Å². The van der Waals surface area contributed by atoms with Gasteiger partial charge in [-0.05, 0) is 42.7 Å². The van der Waals surface area contributed by atoms with E-state index in [0.29, 0.717) is 11.5 Å². The molecule has 0 aliphatic carbocycles. The van der Waals surface area contributed by atoms with Crippen LogP contribution in [0, 0.1) is 6.92 Å². The number of amides is 1. The van der Waals surface area contributed by atoms with Gasteiger partial charge in [0.15, 0.2) is 12.3 Å². The van der Waals surface area contributed by atoms with E-state index < -0.39 is 0 Å². The van der Waals surface area contributed by atoms with Crippen molar-refractivity contribution < 1.29 is 9.53 Å². The van der Waals surface area contributed by atoms with Crippen molar-refractivity contribution in [3.05, 3.63) is 108 Å². The van der Waals surface area contributed by atoms with Crippen LogP contribution in [0.3, 0.4) is 0 Å². The van der Waals surface area contributed by atoms with E-state index in [2.05, 4.69) is 5.32 Å². The Morgan fingerprint density at radius 2 is 1.57 bits per heavy atom. The first-order chi connectivity index (χ1) is 17.1. The fourth-order valence-electron chi connectivity index (χ4n) is 4.18. The number of hydrogen-bond donors (Lipinski definition) is 1. The molecule has 0 saturated heterocycles. The van der Waals surface area contributed by atoms with E-state index in [1.807, 2.05) is 116 Å². The Hall–Kier alpha value is -4.45. The summed E-state index contributed by atoms with van der Waals surface area (Å²) < 4.78 is 7.73. The molecule has 1 atom stereocenters. The van der Waals surface area contributed by atoms with Gasteiger partial charge < -0.3 is 10.1 Å². The quantitative estimate of drug-likeness (QED) is 0.339. The molecule has 0 saturated carbocycles. The molecule has 3 aromatic carbocycles. The van der Waals surface area contributed by atoms with Crippen LogP contribution in [-0.2, 0) is 4.79 Å². The number of aryl methyl sites for hydroxylation is 1. The highest BCUT2D eigenvalue weighted by Crippen LogP contribution is 2.34. The average molecular weight is 463 g/mol. The first kappa shape index (κ1) is 22.3. The van der Waals surface area contributed by atoms with Crippen molar-refractivity contribution >= 4 is 16.9 Å². The van der Waals surface area contributed by atoms with Crippen LogP contribution in [0.4, 0.5) is 0 Å². The molecular weight excluding hydrogens is 436 g/mol. The van der Waals surface area contributed by atoms with Gasteiger partial charge in [-0.2, -0.15) is 10.1 Å². The number of carbonyl (C=O) groups is 1. The third-order valence-electron chi connectivity index (χ3n) is 5.90. The second-order valence-electron chi connectivity index (χ2n) is 8.39. The molecule has 1 amide bonds. The summed E-state index contributed by atoms with van der Waals surface area (Å²) in [7, 11) is 0. The molecule has 0 bridgehead atoms. The molecule has 6 heteroatoms. The van der Waals surface area contributed by atoms with E-state index in [1.165, 1.54) is 0 Å². The summed E-state index contributed by atoms with van der Waals surface area (Å²) in [5.74, 6) is 0.160. The number of hydrogen-bond acceptors (Lipinski definition) is 4. The lowest BCUT2D eigenvalue weighted by atomic mass is 10.0. The Kier molecular flexibility index (Phi) is 6.26. The molecule has 5 aromatic rings. The number of benzene rings is 3. The molecule has 2 aromatic heterocycles. The van der Waals surface area contributed by atoms with Crippen molar-refractivity contribution in [2.24, 2.45) is 0 Å². The molecule has 0 aliphatic heterocycles. The molecule has 5 rings (SSSR count). The molecule has 2 heterocycles. The molecule has 35 heavy (non-hydrogen) atoms. The van der Waals surface area contributed by atoms with Gasteiger partial charge in [-0.15, -0.1) is 0 Å². The molecule has 0 fully saturated rings. The maximum absolute atomic E-state index is 12.6. The lowest BCUT2D eigenvalue weighted by Crippen LogP contribution is -2.31. The normalized spacial score (nSPS) is 11.8. The molecule has 6 nitrogen and oxygen atoms in total. The van der Waals surface area contributed by atoms with E-state index in [0.717, 1.165) is 33.5 Å². The summed E-state index contributed by atoms with van der Waals surface area (Å²) in [6, 6.07) is 31.6. The number of carbonyl (C=O) groups excluding carboxylic acids is 1. The van der Waals surface area contributed by atoms with Crippen LogP contribution < -0.4 is 10.1 Å². The number of nitrogens with one attached hydrogen (secondary N) is 1. The van der Waals surface area contributed by atoms with Gasteiger partial charge in [0, 0.05) is 6.07 Å². The minimum atomic E-state index is -0.211. The van der Waals surface area contributed by atoms with Gasteiger partial charge in [-0.1, -0.05) is 78.9 Å². The Balaban J connectivity index is 1.48. The fraction of sp³-hybridized carbons (Fsp3) is 0.138. The Morgan fingerprint density at radius 1 is 0.943 bits per heavy atom. The summed E-state index contributed by atoms with van der Waals surface area (Å²) in [6.45, 7) is 3.80. The van der Waals surface area contributed by atoms with Gasteiger partial charge >= 0.3 is 0 Å². The Labute approximate surface area is 204 Å². The smallest absolute Gasteiger partial charge is 0.258 e. The first-order valence-corrected chi connectivity index (χ1v) is 11.6. The van der Waals surface area contributed by atoms with Crippen molar-refractivity contribution in [2.45, 2.75) is 19.9 Å². The zero-order valence-corrected chi connectivity index (χ0v) is 19.7. The third kappa shape index (κ3) is 4.77. The summed E-state index contributed by atoms with van der Waals surface area (Å²) in [4.78, 5) is 17.4. The van der Waals surface area contributed by atoms with Gasteiger partial charge in [-0.3, -0.25) is 4.79 Å². The number of aromatic nitrogens is 3. The van der Waals surface area contributed by atoms with E-state index in [9.17, 15) is 4.79 Å². The highest BCUT2D eigenvalue weighted by Gasteiger charge is 2.18. The molecule has 1 N–H and O–H groups in total. The zero-order chi connectivity index (χ0) is 24.2. The van der Waals surface area contributed by atoms with Crippen LogP contribution in [0.2, 0.25) is 0 Å². The number of ether oxygens (including phenoxy) is 1. The third-order valence-corrected chi connectivity index (χ3v) is 5.90. The summed E-state index contributed by atoms with van der Waals surface area (Å²) >= 11 is 0. The van der Waals surface area contributed by atoms with Crippen LogP contribution in [0.15, 0.2) is 97.1 Å². The molecule has 0 radical (unpaired) electrons. The predicted molar refractivity (Wildman–Crippen MR) is 138 cm³/mol. The van der Waals surface area contributed by atoms with Crippen LogP contribution in [0.1, 0.15) is 24.2 Å². The van der Waals surface area contributed by atoms with Gasteiger partial charge in [0.2, 0.25) is 5.88 Å². The number of fused-ring (bicyclic) bond motifs is 1. The summed E-state index contributed by atoms with van der Waals surface area (Å²) in [6.07, 6.45) is 0. The van der Waals surface area contributed by atoms with Crippen LogP contribution >= 0.6 is 0 Å². The van der Waals surface area contributed by atoms with E-state index in [-0.39, 0.29) is 18.6 Å². The highest BCUT2D eigenvalue weighted by atomic mass is 16.5. The van der Waals surface area contributed by atoms with Gasteiger partial charge in [0.1, 0.15) is 0 Å². The van der Waals surface area contributed by atoms with Crippen LogP contribution in [-0.4, -0.2) is 27.3 Å². The van der Waals surface area contributed by atoms with Crippen molar-refractivity contribution in [2.75, 3.05) is 6.61 Å². The maximum atomic E-state index is 12.6. The number of pyridine rings is 1. The van der Waals surface area contributed by atoms with E-state index in [1.54, 1.807) is 0 Å². The molecular formula is C29H26N4O2. The second-order valence-corrected chi connectivity index (χ2v) is 8.39. The lowest BCUT2D eigenvalue weighted by Gasteiger charge is -2.15. The SMILES string of the molecule is Cc1nn(-c2ccccc2)c2nc(OCC(=O)N[C@@H](C)c3ccccc3)cc(-c3ccccc3)c12. The zero-order valence-electron chi connectivity index (χ0n) is 19.7. The standard InChI is InChI=1S/C29H26N4O2/c1-20(22-12-6-3-7-13-22)30-26(34)19-35-27-18-25(23-14-8-4-9-15-23)28-21(2)32-33(29(28)31-27)24-16-10-5-11-17-24/h3-18,20H,19H2,1-2H3,(H,30,34)/t20-/m0/s1. The largest absolute Gasteiger partial charge is 0.467 e. The second kappa shape index (κ2) is 9.81. The summed E-state index contributed by atoms with van der Waals surface area (Å²) in [5.41, 5.74) is 5.49. The van der Waals surface area contributed by atoms with Crippen molar-refractivity contribution in [3.63, 3.8) is 0 Å². The molecule has 0 spiro atoms. The Bertz CT molecular complexity index is 1450. The number of rotatable bonds is 7. The van der Waals surface area contributed by atoms with Crippen molar-refractivity contribution in [3.8, 4) is 22.7 Å². The van der Waals surface area contributed by atoms with Gasteiger partial charge in [0.05, 0.1) is 22.8 Å². The monoisotopic (exact) mass is 462 g/mol. The van der Waals surface area contributed by atoms with Crippen molar-refractivity contribution in [1.82, 2.24) is 20.1 Å². The van der Waals surface area contributed by atoms with Gasteiger partial charge in [-0.25, -0.2) is 4.68 Å². The molecule has 0 unspecified atom stereocenters. The highest BCUT2D eigenvalue weighted by molar-refractivity contribution is 5.96. The van der Waals surface area contributed by atoms with Crippen LogP contribution in [0.5, 0.6) is 5.88 Å². The number of para-hydroxylation sites is 1. The average Bonchev–Trinajstić information content (AvgIpc) is 3.24. The summed E-state index contributed by atoms with van der Waals surface area (Å²) in [5, 5.41) is 8.71. The Morgan fingerprint density at radius 3 is 2.26 bits per heavy atom. The fourth-order valence-corrected chi connectivity index (χ4v) is 4.18. The first-order valence-electron chi connectivity index (χ1n) is 11.6. The van der Waals surface area contributed by atoms with E-state index >= 15 is 0 Å². The van der Waals surface area contributed by atoms with Crippen molar-refractivity contribution in [1.29, 1.82) is 0 Å². The maximum Gasteiger partial charge on any atom is 0.258 e. The minimum absolute atomic E-state index is 0.121. The predicted octanol–water partition coefficient (Wildman–Crippen LogP) is 5.65. The van der Waals surface area contributed by atoms with Crippen LogP contribution in [0.25, 0.3) is 27.8 Å². The molecule has 174 valence electrons. The van der Waals surface area contributed by atoms with E-state index in [4.69, 9.17) is 14.8 Å². The number of nitrogens with zero attached hydrogens (tertiary/aromatic N) is 3.